The molecule has 3 nitrogen and oxygen atoms in total. The molecule has 0 bridgehead atoms. The Bertz CT molecular complexity index is 555. The van der Waals surface area contributed by atoms with E-state index in [0.717, 1.165) is 17.7 Å². The molecule has 0 atom stereocenters. The zero-order valence-electron chi connectivity index (χ0n) is 11.6. The van der Waals surface area contributed by atoms with E-state index in [0.29, 0.717) is 6.54 Å². The molecule has 0 saturated heterocycles. The quantitative estimate of drug-likeness (QED) is 0.871. The lowest BCUT2D eigenvalue weighted by molar-refractivity contribution is 0.418. The molecule has 0 aliphatic heterocycles. The van der Waals surface area contributed by atoms with Gasteiger partial charge in [-0.25, -0.2) is 0 Å². The standard InChI is InChI=1S/C15H22N2O/c1-10-7-11-12(15(2,3)5-6-16)9-17-14(11)13(8-10)18-4/h7-9,17H,5-6,16H2,1-4H3. The second kappa shape index (κ2) is 4.65. The van der Waals surface area contributed by atoms with E-state index in [4.69, 9.17) is 10.5 Å². The SMILES string of the molecule is COc1cc(C)cc2c(C(C)(C)CCN)c[nH]c12. The number of fused-ring (bicyclic) bond motifs is 1. The van der Waals surface area contributed by atoms with Gasteiger partial charge in [0.05, 0.1) is 12.6 Å². The summed E-state index contributed by atoms with van der Waals surface area (Å²) in [6.07, 6.45) is 3.05. The summed E-state index contributed by atoms with van der Waals surface area (Å²) >= 11 is 0. The summed E-state index contributed by atoms with van der Waals surface area (Å²) in [6, 6.07) is 4.26. The highest BCUT2D eigenvalue weighted by Crippen LogP contribution is 2.36. The maximum Gasteiger partial charge on any atom is 0.143 e. The van der Waals surface area contributed by atoms with Crippen LogP contribution in [0.3, 0.4) is 0 Å². The van der Waals surface area contributed by atoms with Gasteiger partial charge < -0.3 is 15.5 Å². The molecule has 2 aromatic rings. The van der Waals surface area contributed by atoms with Crippen molar-refractivity contribution in [3.05, 3.63) is 29.5 Å². The molecular formula is C15H22N2O. The number of aromatic nitrogens is 1. The average molecular weight is 246 g/mol. The number of H-pyrrole nitrogens is 1. The maximum atomic E-state index is 5.72. The first-order valence-electron chi connectivity index (χ1n) is 6.36. The van der Waals surface area contributed by atoms with Crippen molar-refractivity contribution in [1.29, 1.82) is 0 Å². The summed E-state index contributed by atoms with van der Waals surface area (Å²) < 4.78 is 5.44. The van der Waals surface area contributed by atoms with E-state index in [9.17, 15) is 0 Å². The first-order chi connectivity index (χ1) is 8.49. The van der Waals surface area contributed by atoms with E-state index in [1.807, 2.05) is 0 Å². The summed E-state index contributed by atoms with van der Waals surface area (Å²) in [7, 11) is 1.71. The molecule has 0 aliphatic carbocycles. The number of nitrogens with two attached hydrogens (primary N) is 1. The molecule has 1 aromatic heterocycles. The van der Waals surface area contributed by atoms with Crippen LogP contribution in [0.1, 0.15) is 31.4 Å². The Morgan fingerprint density at radius 2 is 2.06 bits per heavy atom. The third kappa shape index (κ3) is 2.10. The predicted octanol–water partition coefficient (Wildman–Crippen LogP) is 3.11. The third-order valence-electron chi connectivity index (χ3n) is 3.62. The van der Waals surface area contributed by atoms with Crippen LogP contribution >= 0.6 is 0 Å². The van der Waals surface area contributed by atoms with Crippen LogP contribution in [0, 0.1) is 6.92 Å². The van der Waals surface area contributed by atoms with E-state index in [1.54, 1.807) is 7.11 Å². The van der Waals surface area contributed by atoms with Crippen molar-refractivity contribution in [2.45, 2.75) is 32.6 Å². The van der Waals surface area contributed by atoms with Crippen LogP contribution in [0.4, 0.5) is 0 Å². The molecule has 3 heteroatoms. The number of rotatable bonds is 4. The Labute approximate surface area is 108 Å². The molecular weight excluding hydrogens is 224 g/mol. The van der Waals surface area contributed by atoms with Crippen LogP contribution < -0.4 is 10.5 Å². The van der Waals surface area contributed by atoms with E-state index >= 15 is 0 Å². The van der Waals surface area contributed by atoms with Crippen LogP contribution in [-0.2, 0) is 5.41 Å². The zero-order valence-corrected chi connectivity index (χ0v) is 11.6. The normalized spacial score (nSPS) is 12.1. The number of benzene rings is 1. The third-order valence-corrected chi connectivity index (χ3v) is 3.62. The Hall–Kier alpha value is -1.48. The Kier molecular flexibility index (Phi) is 3.35. The zero-order chi connectivity index (χ0) is 13.3. The Morgan fingerprint density at radius 1 is 1.33 bits per heavy atom. The van der Waals surface area contributed by atoms with Gasteiger partial charge in [0.25, 0.3) is 0 Å². The van der Waals surface area contributed by atoms with Crippen molar-refractivity contribution in [1.82, 2.24) is 4.98 Å². The van der Waals surface area contributed by atoms with E-state index in [1.165, 1.54) is 16.5 Å². The second-order valence-corrected chi connectivity index (χ2v) is 5.51. The minimum absolute atomic E-state index is 0.0752. The summed E-state index contributed by atoms with van der Waals surface area (Å²) in [5.41, 5.74) is 9.39. The summed E-state index contributed by atoms with van der Waals surface area (Å²) in [5.74, 6) is 0.903. The van der Waals surface area contributed by atoms with E-state index in [-0.39, 0.29) is 5.41 Å². The molecule has 0 saturated carbocycles. The molecule has 1 aromatic carbocycles. The largest absolute Gasteiger partial charge is 0.495 e. The van der Waals surface area contributed by atoms with Crippen LogP contribution in [0.15, 0.2) is 18.3 Å². The highest BCUT2D eigenvalue weighted by molar-refractivity contribution is 5.90. The average Bonchev–Trinajstić information content (AvgIpc) is 2.71. The molecule has 0 aliphatic rings. The van der Waals surface area contributed by atoms with E-state index in [2.05, 4.69) is 44.1 Å². The predicted molar refractivity (Wildman–Crippen MR) is 76.3 cm³/mol. The van der Waals surface area contributed by atoms with Gasteiger partial charge in [-0.05, 0) is 48.6 Å². The summed E-state index contributed by atoms with van der Waals surface area (Å²) in [6.45, 7) is 7.26. The van der Waals surface area contributed by atoms with Crippen molar-refractivity contribution < 1.29 is 4.74 Å². The lowest BCUT2D eigenvalue weighted by Gasteiger charge is -2.23. The van der Waals surface area contributed by atoms with Crippen molar-refractivity contribution in [2.75, 3.05) is 13.7 Å². The van der Waals surface area contributed by atoms with Crippen molar-refractivity contribution in [3.63, 3.8) is 0 Å². The smallest absolute Gasteiger partial charge is 0.143 e. The van der Waals surface area contributed by atoms with Crippen LogP contribution in [0.5, 0.6) is 5.75 Å². The van der Waals surface area contributed by atoms with Crippen molar-refractivity contribution in [3.8, 4) is 5.75 Å². The lowest BCUT2D eigenvalue weighted by atomic mass is 9.81. The topological polar surface area (TPSA) is 51.0 Å². The van der Waals surface area contributed by atoms with Gasteiger partial charge in [-0.2, -0.15) is 0 Å². The van der Waals surface area contributed by atoms with Crippen LogP contribution in [0.25, 0.3) is 10.9 Å². The molecule has 98 valence electrons. The Balaban J connectivity index is 2.64. The molecule has 3 N–H and O–H groups in total. The van der Waals surface area contributed by atoms with Gasteiger partial charge in [0.15, 0.2) is 0 Å². The fraction of sp³-hybridized carbons (Fsp3) is 0.467. The van der Waals surface area contributed by atoms with Gasteiger partial charge in [-0.1, -0.05) is 13.8 Å². The number of aromatic amines is 1. The minimum atomic E-state index is 0.0752. The number of nitrogens with one attached hydrogen (secondary N) is 1. The van der Waals surface area contributed by atoms with Crippen LogP contribution in [-0.4, -0.2) is 18.6 Å². The van der Waals surface area contributed by atoms with Crippen molar-refractivity contribution >= 4 is 10.9 Å². The molecule has 1 heterocycles. The first-order valence-corrected chi connectivity index (χ1v) is 6.36. The summed E-state index contributed by atoms with van der Waals surface area (Å²) in [5, 5.41) is 1.24. The molecule has 0 amide bonds. The minimum Gasteiger partial charge on any atom is -0.495 e. The fourth-order valence-corrected chi connectivity index (χ4v) is 2.55. The van der Waals surface area contributed by atoms with Gasteiger partial charge in [0, 0.05) is 11.6 Å². The maximum absolute atomic E-state index is 5.72. The van der Waals surface area contributed by atoms with Crippen molar-refractivity contribution in [2.24, 2.45) is 5.73 Å². The molecule has 0 fully saturated rings. The van der Waals surface area contributed by atoms with Gasteiger partial charge in [-0.15, -0.1) is 0 Å². The first kappa shape index (κ1) is 13.0. The number of hydrogen-bond donors (Lipinski definition) is 2. The summed E-state index contributed by atoms with van der Waals surface area (Å²) in [4.78, 5) is 3.33. The van der Waals surface area contributed by atoms with Gasteiger partial charge in [0.1, 0.15) is 5.75 Å². The van der Waals surface area contributed by atoms with Gasteiger partial charge >= 0.3 is 0 Å². The highest BCUT2D eigenvalue weighted by atomic mass is 16.5. The number of hydrogen-bond acceptors (Lipinski definition) is 2. The fourth-order valence-electron chi connectivity index (χ4n) is 2.55. The molecule has 0 spiro atoms. The lowest BCUT2D eigenvalue weighted by Crippen LogP contribution is -2.21. The molecule has 0 unspecified atom stereocenters. The van der Waals surface area contributed by atoms with E-state index < -0.39 is 0 Å². The van der Waals surface area contributed by atoms with Gasteiger partial charge in [0.2, 0.25) is 0 Å². The molecule has 2 rings (SSSR count). The number of aryl methyl sites for hydroxylation is 1. The highest BCUT2D eigenvalue weighted by Gasteiger charge is 2.24. The van der Waals surface area contributed by atoms with Crippen LogP contribution in [0.2, 0.25) is 0 Å². The Morgan fingerprint density at radius 3 is 2.67 bits per heavy atom. The number of ether oxygens (including phenoxy) is 1. The molecule has 18 heavy (non-hydrogen) atoms. The van der Waals surface area contributed by atoms with Gasteiger partial charge in [-0.3, -0.25) is 0 Å². The number of methoxy groups -OCH3 is 1. The molecule has 0 radical (unpaired) electrons. The second-order valence-electron chi connectivity index (χ2n) is 5.51. The monoisotopic (exact) mass is 246 g/mol.